The lowest BCUT2D eigenvalue weighted by molar-refractivity contribution is 0.101. The maximum atomic E-state index is 13.2. The summed E-state index contributed by atoms with van der Waals surface area (Å²) >= 11 is 3.15. The molecule has 0 heterocycles. The highest BCUT2D eigenvalue weighted by atomic mass is 79.9. The van der Waals surface area contributed by atoms with Crippen LogP contribution >= 0.6 is 15.9 Å². The van der Waals surface area contributed by atoms with Crippen molar-refractivity contribution in [1.29, 1.82) is 0 Å². The van der Waals surface area contributed by atoms with Crippen LogP contribution in [0.2, 0.25) is 0 Å². The molecule has 0 aliphatic carbocycles. The zero-order chi connectivity index (χ0) is 10.7. The second-order valence-electron chi connectivity index (χ2n) is 2.72. The van der Waals surface area contributed by atoms with Gasteiger partial charge in [0.2, 0.25) is 0 Å². The lowest BCUT2D eigenvalue weighted by atomic mass is 10.1. The van der Waals surface area contributed by atoms with Crippen LogP contribution in [0.5, 0.6) is 5.75 Å². The van der Waals surface area contributed by atoms with E-state index in [-0.39, 0.29) is 11.3 Å². The Morgan fingerprint density at radius 1 is 1.57 bits per heavy atom. The second-order valence-corrected chi connectivity index (χ2v) is 3.52. The van der Waals surface area contributed by atoms with Crippen LogP contribution in [-0.2, 0) is 0 Å². The molecule has 0 bridgehead atoms. The van der Waals surface area contributed by atoms with Gasteiger partial charge in [0.1, 0.15) is 11.6 Å². The van der Waals surface area contributed by atoms with Gasteiger partial charge in [0.15, 0.2) is 5.78 Å². The van der Waals surface area contributed by atoms with Gasteiger partial charge in [-0.2, -0.15) is 0 Å². The van der Waals surface area contributed by atoms with E-state index in [1.165, 1.54) is 19.1 Å². The summed E-state index contributed by atoms with van der Waals surface area (Å²) in [7, 11) is 0. The van der Waals surface area contributed by atoms with Gasteiger partial charge in [-0.05, 0) is 41.9 Å². The molecule has 1 aromatic rings. The number of Topliss-reactive ketones (excluding diaryl/α,β-unsaturated/α-hetero) is 1. The van der Waals surface area contributed by atoms with Gasteiger partial charge < -0.3 is 4.74 Å². The average Bonchev–Trinajstić information content (AvgIpc) is 2.10. The van der Waals surface area contributed by atoms with Crippen LogP contribution in [0.25, 0.3) is 0 Å². The number of benzene rings is 1. The van der Waals surface area contributed by atoms with Crippen LogP contribution in [0.15, 0.2) is 16.6 Å². The number of halogens is 2. The first-order chi connectivity index (χ1) is 6.57. The van der Waals surface area contributed by atoms with Crippen molar-refractivity contribution in [1.82, 2.24) is 0 Å². The fourth-order valence-electron chi connectivity index (χ4n) is 1.12. The van der Waals surface area contributed by atoms with E-state index in [0.29, 0.717) is 16.8 Å². The minimum absolute atomic E-state index is 0.0379. The first kappa shape index (κ1) is 11.2. The molecule has 0 aromatic heterocycles. The van der Waals surface area contributed by atoms with Crippen LogP contribution in [0, 0.1) is 5.82 Å². The predicted molar refractivity (Wildman–Crippen MR) is 55.3 cm³/mol. The summed E-state index contributed by atoms with van der Waals surface area (Å²) in [5.74, 6) is -0.372. The largest absolute Gasteiger partial charge is 0.493 e. The number of rotatable bonds is 3. The summed E-state index contributed by atoms with van der Waals surface area (Å²) < 4.78 is 18.8. The molecule has 14 heavy (non-hydrogen) atoms. The first-order valence-corrected chi connectivity index (χ1v) is 4.99. The quantitative estimate of drug-likeness (QED) is 0.781. The Labute approximate surface area is 90.2 Å². The monoisotopic (exact) mass is 260 g/mol. The van der Waals surface area contributed by atoms with Crippen molar-refractivity contribution in [2.75, 3.05) is 6.61 Å². The molecule has 0 atom stereocenters. The van der Waals surface area contributed by atoms with Crippen molar-refractivity contribution >= 4 is 21.7 Å². The van der Waals surface area contributed by atoms with Crippen LogP contribution in [0.3, 0.4) is 0 Å². The molecule has 0 N–H and O–H groups in total. The van der Waals surface area contributed by atoms with Gasteiger partial charge in [0.05, 0.1) is 16.6 Å². The second kappa shape index (κ2) is 4.55. The van der Waals surface area contributed by atoms with Gasteiger partial charge in [0, 0.05) is 0 Å². The van der Waals surface area contributed by atoms with Crippen LogP contribution in [0.1, 0.15) is 24.2 Å². The smallest absolute Gasteiger partial charge is 0.164 e. The Hall–Kier alpha value is -0.900. The lowest BCUT2D eigenvalue weighted by Gasteiger charge is -2.08. The highest BCUT2D eigenvalue weighted by molar-refractivity contribution is 9.10. The van der Waals surface area contributed by atoms with Crippen molar-refractivity contribution in [3.05, 3.63) is 28.0 Å². The molecule has 0 aliphatic heterocycles. The van der Waals surface area contributed by atoms with E-state index in [9.17, 15) is 9.18 Å². The minimum atomic E-state index is -0.534. The molecule has 0 saturated heterocycles. The minimum Gasteiger partial charge on any atom is -0.493 e. The van der Waals surface area contributed by atoms with Crippen LogP contribution < -0.4 is 4.74 Å². The summed E-state index contributed by atoms with van der Waals surface area (Å²) in [6.07, 6.45) is 0. The SMILES string of the molecule is CCOc1ccc(F)c(C(C)=O)c1Br. The standard InChI is InChI=1S/C10H10BrFO2/c1-3-14-8-5-4-7(12)9(6(2)13)10(8)11/h4-5H,3H2,1-2H3. The zero-order valence-corrected chi connectivity index (χ0v) is 9.52. The molecule has 0 saturated carbocycles. The molecule has 76 valence electrons. The van der Waals surface area contributed by atoms with Gasteiger partial charge in [-0.25, -0.2) is 4.39 Å². The average molecular weight is 261 g/mol. The van der Waals surface area contributed by atoms with Crippen LogP contribution in [0.4, 0.5) is 4.39 Å². The van der Waals surface area contributed by atoms with Gasteiger partial charge in [-0.15, -0.1) is 0 Å². The number of hydrogen-bond donors (Lipinski definition) is 0. The molecule has 4 heteroatoms. The van der Waals surface area contributed by atoms with Crippen molar-refractivity contribution < 1.29 is 13.9 Å². The molecule has 0 spiro atoms. The molecule has 0 amide bonds. The number of carbonyl (C=O) groups is 1. The maximum Gasteiger partial charge on any atom is 0.164 e. The van der Waals surface area contributed by atoms with Crippen molar-refractivity contribution in [2.45, 2.75) is 13.8 Å². The van der Waals surface area contributed by atoms with E-state index in [1.54, 1.807) is 0 Å². The normalized spacial score (nSPS) is 10.0. The Morgan fingerprint density at radius 3 is 2.71 bits per heavy atom. The molecule has 1 rings (SSSR count). The van der Waals surface area contributed by atoms with E-state index in [1.807, 2.05) is 6.92 Å². The Bertz CT molecular complexity index is 363. The first-order valence-electron chi connectivity index (χ1n) is 4.19. The van der Waals surface area contributed by atoms with Gasteiger partial charge in [-0.1, -0.05) is 0 Å². The number of ether oxygens (including phenoxy) is 1. The molecule has 0 fully saturated rings. The van der Waals surface area contributed by atoms with E-state index >= 15 is 0 Å². The van der Waals surface area contributed by atoms with Crippen molar-refractivity contribution in [3.8, 4) is 5.75 Å². The highest BCUT2D eigenvalue weighted by Gasteiger charge is 2.15. The lowest BCUT2D eigenvalue weighted by Crippen LogP contribution is -2.01. The fourth-order valence-corrected chi connectivity index (χ4v) is 1.84. The summed E-state index contributed by atoms with van der Waals surface area (Å²) in [6, 6.07) is 2.72. The Balaban J connectivity index is 3.26. The molecule has 1 aromatic carbocycles. The fraction of sp³-hybridized carbons (Fsp3) is 0.300. The summed E-state index contributed by atoms with van der Waals surface area (Å²) in [5.41, 5.74) is 0.0379. The zero-order valence-electron chi connectivity index (χ0n) is 7.93. The van der Waals surface area contributed by atoms with Gasteiger partial charge in [0.25, 0.3) is 0 Å². The Kier molecular flexibility index (Phi) is 3.63. The summed E-state index contributed by atoms with van der Waals surface area (Å²) in [6.45, 7) is 3.61. The number of ketones is 1. The predicted octanol–water partition coefficient (Wildman–Crippen LogP) is 3.19. The number of carbonyl (C=O) groups excluding carboxylic acids is 1. The van der Waals surface area contributed by atoms with Gasteiger partial charge >= 0.3 is 0 Å². The van der Waals surface area contributed by atoms with Crippen molar-refractivity contribution in [3.63, 3.8) is 0 Å². The van der Waals surface area contributed by atoms with Crippen molar-refractivity contribution in [2.24, 2.45) is 0 Å². The maximum absolute atomic E-state index is 13.2. The summed E-state index contributed by atoms with van der Waals surface area (Å²) in [5, 5.41) is 0. The third kappa shape index (κ3) is 2.12. The highest BCUT2D eigenvalue weighted by Crippen LogP contribution is 2.30. The topological polar surface area (TPSA) is 26.3 Å². The third-order valence-electron chi connectivity index (χ3n) is 1.71. The number of hydrogen-bond acceptors (Lipinski definition) is 2. The van der Waals surface area contributed by atoms with E-state index in [0.717, 1.165) is 0 Å². The molecule has 2 nitrogen and oxygen atoms in total. The van der Waals surface area contributed by atoms with Gasteiger partial charge in [-0.3, -0.25) is 4.79 Å². The summed E-state index contributed by atoms with van der Waals surface area (Å²) in [4.78, 5) is 11.1. The molecule has 0 aliphatic rings. The Morgan fingerprint density at radius 2 is 2.21 bits per heavy atom. The molecular formula is C10H10BrFO2. The molecule has 0 radical (unpaired) electrons. The van der Waals surface area contributed by atoms with E-state index < -0.39 is 5.82 Å². The van der Waals surface area contributed by atoms with E-state index in [2.05, 4.69) is 15.9 Å². The van der Waals surface area contributed by atoms with Crippen LogP contribution in [-0.4, -0.2) is 12.4 Å². The molecular weight excluding hydrogens is 251 g/mol. The third-order valence-corrected chi connectivity index (χ3v) is 2.49. The van der Waals surface area contributed by atoms with E-state index in [4.69, 9.17) is 4.74 Å². The molecule has 0 unspecified atom stereocenters.